The number of likely N-dealkylation sites (N-methyl/N-ethyl adjacent to an activating group) is 1. The van der Waals surface area contributed by atoms with Gasteiger partial charge in [-0.2, -0.15) is 0 Å². The Morgan fingerprint density at radius 3 is 2.10 bits per heavy atom. The van der Waals surface area contributed by atoms with Gasteiger partial charge in [0.1, 0.15) is 0 Å². The first-order valence-electron chi connectivity index (χ1n) is 8.28. The van der Waals surface area contributed by atoms with E-state index >= 15 is 0 Å². The van der Waals surface area contributed by atoms with Crippen molar-refractivity contribution in [1.82, 2.24) is 15.1 Å². The van der Waals surface area contributed by atoms with Gasteiger partial charge in [0.25, 0.3) is 0 Å². The first-order chi connectivity index (χ1) is 9.54. The average Bonchev–Trinajstić information content (AvgIpc) is 2.55. The Morgan fingerprint density at radius 1 is 1.14 bits per heavy atom. The lowest BCUT2D eigenvalue weighted by Crippen LogP contribution is -2.52. The summed E-state index contributed by atoms with van der Waals surface area (Å²) < 4.78 is 0. The summed E-state index contributed by atoms with van der Waals surface area (Å²) in [4.78, 5) is 17.1. The summed E-state index contributed by atoms with van der Waals surface area (Å²) in [7, 11) is 4.16. The number of amides is 1. The zero-order chi connectivity index (χ0) is 16.4. The van der Waals surface area contributed by atoms with Crippen LogP contribution in [0.2, 0.25) is 0 Å². The lowest BCUT2D eigenvalue weighted by molar-refractivity contribution is -0.132. The van der Waals surface area contributed by atoms with E-state index < -0.39 is 0 Å². The van der Waals surface area contributed by atoms with E-state index in [1.807, 2.05) is 0 Å². The second-order valence-corrected chi connectivity index (χ2v) is 8.17. The van der Waals surface area contributed by atoms with E-state index in [0.29, 0.717) is 11.8 Å². The molecular formula is C17H35N3O. The van der Waals surface area contributed by atoms with Gasteiger partial charge in [0.2, 0.25) is 5.91 Å². The number of hydrogen-bond donors (Lipinski definition) is 1. The highest BCUT2D eigenvalue weighted by Gasteiger charge is 2.41. The zero-order valence-corrected chi connectivity index (χ0v) is 15.2. The van der Waals surface area contributed by atoms with Gasteiger partial charge in [-0.1, -0.05) is 27.7 Å². The fourth-order valence-electron chi connectivity index (χ4n) is 2.78. The predicted molar refractivity (Wildman–Crippen MR) is 89.1 cm³/mol. The van der Waals surface area contributed by atoms with Crippen LogP contribution < -0.4 is 5.32 Å². The first-order valence-corrected chi connectivity index (χ1v) is 8.28. The maximum atomic E-state index is 12.8. The molecule has 1 amide bonds. The molecule has 21 heavy (non-hydrogen) atoms. The molecule has 1 saturated heterocycles. The van der Waals surface area contributed by atoms with Crippen LogP contribution in [0.15, 0.2) is 0 Å². The van der Waals surface area contributed by atoms with Crippen LogP contribution in [0.5, 0.6) is 0 Å². The van der Waals surface area contributed by atoms with Gasteiger partial charge in [0.15, 0.2) is 0 Å². The van der Waals surface area contributed by atoms with E-state index in [1.54, 1.807) is 0 Å². The number of rotatable bonds is 7. The molecule has 1 aliphatic heterocycles. The van der Waals surface area contributed by atoms with Crippen LogP contribution in [0.4, 0.5) is 0 Å². The molecule has 0 aromatic heterocycles. The minimum atomic E-state index is -0.0146. The minimum absolute atomic E-state index is 0.00767. The largest absolute Gasteiger partial charge is 0.324 e. The topological polar surface area (TPSA) is 35.6 Å². The molecule has 0 aliphatic carbocycles. The summed E-state index contributed by atoms with van der Waals surface area (Å²) in [5, 5.41) is 3.57. The van der Waals surface area contributed by atoms with Crippen molar-refractivity contribution in [2.24, 2.45) is 11.8 Å². The zero-order valence-electron chi connectivity index (χ0n) is 15.2. The summed E-state index contributed by atoms with van der Waals surface area (Å²) in [6, 6.07) is -0.00767. The van der Waals surface area contributed by atoms with Crippen LogP contribution in [0.3, 0.4) is 0 Å². The lowest BCUT2D eigenvalue weighted by Gasteiger charge is -2.38. The summed E-state index contributed by atoms with van der Waals surface area (Å²) in [5.41, 5.74) is -0.0146. The number of nitrogens with zero attached hydrogens (tertiary/aromatic N) is 2. The molecule has 1 heterocycles. The maximum Gasteiger partial charge on any atom is 0.241 e. The molecule has 4 heteroatoms. The van der Waals surface area contributed by atoms with E-state index in [-0.39, 0.29) is 23.7 Å². The maximum absolute atomic E-state index is 12.8. The number of nitrogens with one attached hydrogen (secondary N) is 1. The SMILES string of the molecule is CC(C)CC1NC(CC(C)C)N(CC(C)(C)N(C)C)C1=O. The van der Waals surface area contributed by atoms with Gasteiger partial charge in [0.05, 0.1) is 12.2 Å². The molecule has 0 spiro atoms. The van der Waals surface area contributed by atoms with E-state index in [2.05, 4.69) is 70.8 Å². The molecule has 1 aliphatic rings. The van der Waals surface area contributed by atoms with Gasteiger partial charge in [-0.25, -0.2) is 0 Å². The molecule has 2 atom stereocenters. The van der Waals surface area contributed by atoms with Crippen molar-refractivity contribution in [3.8, 4) is 0 Å². The summed E-state index contributed by atoms with van der Waals surface area (Å²) in [5.74, 6) is 1.40. The second kappa shape index (κ2) is 7.10. The van der Waals surface area contributed by atoms with Gasteiger partial charge in [-0.3, -0.25) is 10.1 Å². The molecule has 2 unspecified atom stereocenters. The average molecular weight is 297 g/mol. The fraction of sp³-hybridized carbons (Fsp3) is 0.941. The molecule has 0 saturated carbocycles. The van der Waals surface area contributed by atoms with Crippen LogP contribution in [0, 0.1) is 11.8 Å². The number of hydrogen-bond acceptors (Lipinski definition) is 3. The van der Waals surface area contributed by atoms with Gasteiger partial charge >= 0.3 is 0 Å². The van der Waals surface area contributed by atoms with Gasteiger partial charge in [0, 0.05) is 12.1 Å². The minimum Gasteiger partial charge on any atom is -0.324 e. The Bertz CT molecular complexity index is 350. The molecule has 0 aromatic carbocycles. The van der Waals surface area contributed by atoms with Crippen LogP contribution >= 0.6 is 0 Å². The molecule has 1 fully saturated rings. The van der Waals surface area contributed by atoms with Crippen molar-refractivity contribution < 1.29 is 4.79 Å². The van der Waals surface area contributed by atoms with Crippen molar-refractivity contribution in [1.29, 1.82) is 0 Å². The van der Waals surface area contributed by atoms with Gasteiger partial charge in [-0.05, 0) is 52.6 Å². The molecule has 124 valence electrons. The quantitative estimate of drug-likeness (QED) is 0.784. The van der Waals surface area contributed by atoms with Crippen LogP contribution in [0.1, 0.15) is 54.4 Å². The third kappa shape index (κ3) is 4.96. The highest BCUT2D eigenvalue weighted by atomic mass is 16.2. The molecule has 4 nitrogen and oxygen atoms in total. The predicted octanol–water partition coefficient (Wildman–Crippen LogP) is 2.55. The lowest BCUT2D eigenvalue weighted by atomic mass is 10.0. The van der Waals surface area contributed by atoms with E-state index in [9.17, 15) is 4.79 Å². The Hall–Kier alpha value is -0.610. The number of carbonyl (C=O) groups is 1. The van der Waals surface area contributed by atoms with E-state index in [4.69, 9.17) is 0 Å². The third-order valence-electron chi connectivity index (χ3n) is 4.52. The smallest absolute Gasteiger partial charge is 0.241 e. The molecule has 0 aromatic rings. The second-order valence-electron chi connectivity index (χ2n) is 8.17. The van der Waals surface area contributed by atoms with Gasteiger partial charge < -0.3 is 9.80 Å². The normalized spacial score (nSPS) is 24.0. The highest BCUT2D eigenvalue weighted by Crippen LogP contribution is 2.24. The standard InChI is InChI=1S/C17H35N3O/c1-12(2)9-14-16(21)20(11-17(5,6)19(7)8)15(18-14)10-13(3)4/h12-15,18H,9-11H2,1-8H3. The molecule has 0 bridgehead atoms. The van der Waals surface area contributed by atoms with E-state index in [0.717, 1.165) is 19.4 Å². The summed E-state index contributed by atoms with van der Waals surface area (Å²) >= 11 is 0. The van der Waals surface area contributed by atoms with Crippen LogP contribution in [-0.4, -0.2) is 54.1 Å². The fourth-order valence-corrected chi connectivity index (χ4v) is 2.78. The van der Waals surface area contributed by atoms with Gasteiger partial charge in [-0.15, -0.1) is 0 Å². The first kappa shape index (κ1) is 18.4. The summed E-state index contributed by atoms with van der Waals surface area (Å²) in [6.07, 6.45) is 2.12. The molecule has 1 N–H and O–H groups in total. The van der Waals surface area contributed by atoms with Crippen molar-refractivity contribution in [3.63, 3.8) is 0 Å². The Labute approximate surface area is 131 Å². The van der Waals surface area contributed by atoms with Crippen molar-refractivity contribution in [2.45, 2.75) is 72.1 Å². The van der Waals surface area contributed by atoms with Crippen molar-refractivity contribution in [2.75, 3.05) is 20.6 Å². The Kier molecular flexibility index (Phi) is 6.23. The Morgan fingerprint density at radius 2 is 1.67 bits per heavy atom. The van der Waals surface area contributed by atoms with Crippen LogP contribution in [-0.2, 0) is 4.79 Å². The van der Waals surface area contributed by atoms with E-state index in [1.165, 1.54) is 0 Å². The molecule has 1 rings (SSSR count). The number of carbonyl (C=O) groups excluding carboxylic acids is 1. The third-order valence-corrected chi connectivity index (χ3v) is 4.52. The Balaban J connectivity index is 2.87. The highest BCUT2D eigenvalue weighted by molar-refractivity contribution is 5.84. The van der Waals surface area contributed by atoms with Crippen molar-refractivity contribution >= 4 is 5.91 Å². The molecule has 0 radical (unpaired) electrons. The van der Waals surface area contributed by atoms with Crippen LogP contribution in [0.25, 0.3) is 0 Å². The summed E-state index contributed by atoms with van der Waals surface area (Å²) in [6.45, 7) is 14.0. The molecular weight excluding hydrogens is 262 g/mol. The van der Waals surface area contributed by atoms with Crippen molar-refractivity contribution in [3.05, 3.63) is 0 Å². The monoisotopic (exact) mass is 297 g/mol.